The maximum Gasteiger partial charge on any atom is 0.147 e. The van der Waals surface area contributed by atoms with Gasteiger partial charge in [0.1, 0.15) is 5.82 Å². The maximum atomic E-state index is 4.44. The lowest BCUT2D eigenvalue weighted by molar-refractivity contribution is 0.585. The second-order valence-electron chi connectivity index (χ2n) is 3.98. The van der Waals surface area contributed by atoms with Crippen molar-refractivity contribution in [2.75, 3.05) is 19.0 Å². The van der Waals surface area contributed by atoms with E-state index in [1.165, 1.54) is 0 Å². The standard InChI is InChI=1S/C12H22N4/c1-5-11(6-2)16(4)12-9-14-10(7-13-3)8-15-12/h8-9,11,13H,5-7H2,1-4H3. The van der Waals surface area contributed by atoms with Crippen LogP contribution >= 0.6 is 0 Å². The summed E-state index contributed by atoms with van der Waals surface area (Å²) in [4.78, 5) is 11.0. The van der Waals surface area contributed by atoms with Gasteiger partial charge in [0.15, 0.2) is 0 Å². The molecule has 0 unspecified atom stereocenters. The van der Waals surface area contributed by atoms with Crippen molar-refractivity contribution in [1.29, 1.82) is 0 Å². The molecular formula is C12H22N4. The SMILES string of the molecule is CCC(CC)N(C)c1cnc(CNC)cn1. The highest BCUT2D eigenvalue weighted by atomic mass is 15.2. The Bertz CT molecular complexity index is 292. The van der Waals surface area contributed by atoms with Crippen molar-refractivity contribution in [2.45, 2.75) is 39.3 Å². The molecule has 1 aromatic rings. The molecule has 4 nitrogen and oxygen atoms in total. The Morgan fingerprint density at radius 1 is 1.25 bits per heavy atom. The third-order valence-corrected chi connectivity index (χ3v) is 2.90. The van der Waals surface area contributed by atoms with E-state index in [0.717, 1.165) is 30.9 Å². The number of rotatable bonds is 6. The first-order valence-corrected chi connectivity index (χ1v) is 5.91. The average Bonchev–Trinajstić information content (AvgIpc) is 2.32. The number of hydrogen-bond donors (Lipinski definition) is 1. The van der Waals surface area contributed by atoms with Crippen LogP contribution in [0.1, 0.15) is 32.4 Å². The molecule has 0 fully saturated rings. The zero-order chi connectivity index (χ0) is 12.0. The lowest BCUT2D eigenvalue weighted by Gasteiger charge is -2.26. The molecule has 0 aliphatic carbocycles. The first kappa shape index (κ1) is 12.9. The van der Waals surface area contributed by atoms with Gasteiger partial charge in [-0.1, -0.05) is 13.8 Å². The van der Waals surface area contributed by atoms with Crippen molar-refractivity contribution in [3.8, 4) is 0 Å². The van der Waals surface area contributed by atoms with Crippen LogP contribution < -0.4 is 10.2 Å². The predicted octanol–water partition coefficient (Wildman–Crippen LogP) is 1.82. The highest BCUT2D eigenvalue weighted by Gasteiger charge is 2.12. The van der Waals surface area contributed by atoms with Gasteiger partial charge >= 0.3 is 0 Å². The molecule has 0 saturated carbocycles. The van der Waals surface area contributed by atoms with E-state index in [1.807, 2.05) is 19.4 Å². The fourth-order valence-electron chi connectivity index (χ4n) is 1.83. The second kappa shape index (κ2) is 6.43. The van der Waals surface area contributed by atoms with Gasteiger partial charge < -0.3 is 10.2 Å². The van der Waals surface area contributed by atoms with Crippen LogP contribution in [0, 0.1) is 0 Å². The maximum absolute atomic E-state index is 4.44. The number of anilines is 1. The lowest BCUT2D eigenvalue weighted by Crippen LogP contribution is -2.31. The minimum absolute atomic E-state index is 0.546. The molecule has 0 aromatic carbocycles. The van der Waals surface area contributed by atoms with E-state index in [2.05, 4.69) is 41.1 Å². The summed E-state index contributed by atoms with van der Waals surface area (Å²) >= 11 is 0. The van der Waals surface area contributed by atoms with Gasteiger partial charge in [0.25, 0.3) is 0 Å². The van der Waals surface area contributed by atoms with E-state index in [1.54, 1.807) is 0 Å². The monoisotopic (exact) mass is 222 g/mol. The molecule has 0 aliphatic heterocycles. The largest absolute Gasteiger partial charge is 0.355 e. The third kappa shape index (κ3) is 3.17. The van der Waals surface area contributed by atoms with Crippen molar-refractivity contribution < 1.29 is 0 Å². The zero-order valence-electron chi connectivity index (χ0n) is 10.7. The average molecular weight is 222 g/mol. The first-order valence-electron chi connectivity index (χ1n) is 5.91. The molecule has 0 spiro atoms. The molecule has 0 saturated heterocycles. The summed E-state index contributed by atoms with van der Waals surface area (Å²) in [5.74, 6) is 0.952. The molecule has 16 heavy (non-hydrogen) atoms. The van der Waals surface area contributed by atoms with E-state index in [9.17, 15) is 0 Å². The van der Waals surface area contributed by atoms with Crippen LogP contribution in [0.2, 0.25) is 0 Å². The van der Waals surface area contributed by atoms with Crippen LogP contribution in [-0.2, 0) is 6.54 Å². The summed E-state index contributed by atoms with van der Waals surface area (Å²) in [6.45, 7) is 5.17. The minimum Gasteiger partial charge on any atom is -0.355 e. The van der Waals surface area contributed by atoms with Crippen LogP contribution in [-0.4, -0.2) is 30.1 Å². The molecule has 0 amide bonds. The summed E-state index contributed by atoms with van der Waals surface area (Å²) in [5.41, 5.74) is 0.976. The first-order chi connectivity index (χ1) is 7.72. The fraction of sp³-hybridized carbons (Fsp3) is 0.667. The Labute approximate surface area is 98.1 Å². The fourth-order valence-corrected chi connectivity index (χ4v) is 1.83. The lowest BCUT2D eigenvalue weighted by atomic mass is 10.1. The van der Waals surface area contributed by atoms with E-state index in [4.69, 9.17) is 0 Å². The van der Waals surface area contributed by atoms with Crippen molar-refractivity contribution >= 4 is 5.82 Å². The van der Waals surface area contributed by atoms with Crippen LogP contribution in [0.5, 0.6) is 0 Å². The van der Waals surface area contributed by atoms with Gasteiger partial charge in [0, 0.05) is 19.6 Å². The van der Waals surface area contributed by atoms with Crippen molar-refractivity contribution in [2.24, 2.45) is 0 Å². The molecule has 0 bridgehead atoms. The van der Waals surface area contributed by atoms with Gasteiger partial charge in [0.2, 0.25) is 0 Å². The molecular weight excluding hydrogens is 200 g/mol. The number of aromatic nitrogens is 2. The smallest absolute Gasteiger partial charge is 0.147 e. The number of nitrogens with one attached hydrogen (secondary N) is 1. The van der Waals surface area contributed by atoms with E-state index >= 15 is 0 Å². The summed E-state index contributed by atoms with van der Waals surface area (Å²) in [5, 5.41) is 3.06. The minimum atomic E-state index is 0.546. The van der Waals surface area contributed by atoms with E-state index in [-0.39, 0.29) is 0 Å². The predicted molar refractivity (Wildman–Crippen MR) is 67.6 cm³/mol. The molecule has 0 radical (unpaired) electrons. The Morgan fingerprint density at radius 2 is 1.94 bits per heavy atom. The zero-order valence-corrected chi connectivity index (χ0v) is 10.7. The van der Waals surface area contributed by atoms with Crippen LogP contribution in [0.15, 0.2) is 12.4 Å². The third-order valence-electron chi connectivity index (χ3n) is 2.90. The Balaban J connectivity index is 2.72. The van der Waals surface area contributed by atoms with Crippen LogP contribution in [0.25, 0.3) is 0 Å². The van der Waals surface area contributed by atoms with Crippen LogP contribution in [0.4, 0.5) is 5.82 Å². The molecule has 1 rings (SSSR count). The number of hydrogen-bond acceptors (Lipinski definition) is 4. The summed E-state index contributed by atoms with van der Waals surface area (Å²) in [6.07, 6.45) is 5.95. The summed E-state index contributed by atoms with van der Waals surface area (Å²) in [7, 11) is 3.99. The molecule has 0 aliphatic rings. The molecule has 1 N–H and O–H groups in total. The second-order valence-corrected chi connectivity index (χ2v) is 3.98. The van der Waals surface area contributed by atoms with Crippen molar-refractivity contribution in [3.63, 3.8) is 0 Å². The molecule has 1 heterocycles. The highest BCUT2D eigenvalue weighted by Crippen LogP contribution is 2.14. The summed E-state index contributed by atoms with van der Waals surface area (Å²) < 4.78 is 0. The molecule has 90 valence electrons. The highest BCUT2D eigenvalue weighted by molar-refractivity contribution is 5.35. The van der Waals surface area contributed by atoms with Gasteiger partial charge in [-0.25, -0.2) is 4.98 Å². The number of nitrogens with zero attached hydrogens (tertiary/aromatic N) is 3. The molecule has 0 atom stereocenters. The van der Waals surface area contributed by atoms with Gasteiger partial charge in [-0.15, -0.1) is 0 Å². The normalized spacial score (nSPS) is 10.8. The molecule has 4 heteroatoms. The molecule has 1 aromatic heterocycles. The van der Waals surface area contributed by atoms with Gasteiger partial charge in [0.05, 0.1) is 18.1 Å². The Hall–Kier alpha value is -1.16. The van der Waals surface area contributed by atoms with E-state index < -0.39 is 0 Å². The van der Waals surface area contributed by atoms with Crippen LogP contribution in [0.3, 0.4) is 0 Å². The van der Waals surface area contributed by atoms with Gasteiger partial charge in [-0.2, -0.15) is 0 Å². The Morgan fingerprint density at radius 3 is 2.38 bits per heavy atom. The quantitative estimate of drug-likeness (QED) is 0.797. The van der Waals surface area contributed by atoms with Gasteiger partial charge in [-0.05, 0) is 19.9 Å². The van der Waals surface area contributed by atoms with Gasteiger partial charge in [-0.3, -0.25) is 4.98 Å². The van der Waals surface area contributed by atoms with Crippen molar-refractivity contribution in [1.82, 2.24) is 15.3 Å². The topological polar surface area (TPSA) is 41.1 Å². The Kier molecular flexibility index (Phi) is 5.19. The summed E-state index contributed by atoms with van der Waals surface area (Å²) in [6, 6.07) is 0.546. The van der Waals surface area contributed by atoms with E-state index in [0.29, 0.717) is 6.04 Å². The van der Waals surface area contributed by atoms with Crippen molar-refractivity contribution in [3.05, 3.63) is 18.1 Å².